The lowest BCUT2D eigenvalue weighted by Gasteiger charge is -2.15. The molecule has 2 aromatic rings. The van der Waals surface area contributed by atoms with Crippen LogP contribution >= 0.6 is 0 Å². The molecule has 2 atom stereocenters. The molecule has 0 radical (unpaired) electrons. The third-order valence-corrected chi connectivity index (χ3v) is 2.87. The Hall–Kier alpha value is -1.46. The van der Waals surface area contributed by atoms with E-state index < -0.39 is 12.1 Å². The highest BCUT2D eigenvalue weighted by atomic mass is 19.1. The van der Waals surface area contributed by atoms with Crippen LogP contribution < -0.4 is 5.73 Å². The number of aliphatic hydroxyl groups excluding tert-OH is 1. The maximum absolute atomic E-state index is 13.1. The summed E-state index contributed by atoms with van der Waals surface area (Å²) < 4.78 is 15.0. The summed E-state index contributed by atoms with van der Waals surface area (Å²) in [5, 5.41) is 9.52. The van der Waals surface area contributed by atoms with Crippen molar-refractivity contribution in [1.82, 2.24) is 9.55 Å². The minimum atomic E-state index is -0.693. The Bertz CT molecular complexity index is 536. The van der Waals surface area contributed by atoms with Crippen LogP contribution in [0.2, 0.25) is 0 Å². The number of halogens is 1. The maximum atomic E-state index is 13.1. The first kappa shape index (κ1) is 12.0. The average Bonchev–Trinajstić information content (AvgIpc) is 2.64. The first-order valence-corrected chi connectivity index (χ1v) is 5.64. The number of nitrogens with zero attached hydrogens (tertiary/aromatic N) is 2. The van der Waals surface area contributed by atoms with Crippen molar-refractivity contribution in [3.8, 4) is 0 Å². The third kappa shape index (κ3) is 2.03. The highest BCUT2D eigenvalue weighted by Gasteiger charge is 2.20. The van der Waals surface area contributed by atoms with Gasteiger partial charge in [0, 0.05) is 12.6 Å². The van der Waals surface area contributed by atoms with Gasteiger partial charge in [0.15, 0.2) is 0 Å². The van der Waals surface area contributed by atoms with Crippen LogP contribution in [0.5, 0.6) is 0 Å². The van der Waals surface area contributed by atoms with Crippen LogP contribution in [0, 0.1) is 5.82 Å². The summed E-state index contributed by atoms with van der Waals surface area (Å²) in [6.45, 7) is 4.26. The van der Waals surface area contributed by atoms with Gasteiger partial charge in [-0.1, -0.05) is 0 Å². The molecule has 1 aromatic carbocycles. The number of rotatable bonds is 3. The summed E-state index contributed by atoms with van der Waals surface area (Å²) in [4.78, 5) is 4.30. The van der Waals surface area contributed by atoms with Gasteiger partial charge < -0.3 is 15.4 Å². The van der Waals surface area contributed by atoms with Gasteiger partial charge in [0.1, 0.15) is 11.6 Å². The van der Waals surface area contributed by atoms with Gasteiger partial charge in [-0.2, -0.15) is 0 Å². The molecule has 2 unspecified atom stereocenters. The van der Waals surface area contributed by atoms with Crippen molar-refractivity contribution < 1.29 is 9.50 Å². The van der Waals surface area contributed by atoms with Gasteiger partial charge in [-0.05, 0) is 26.0 Å². The Balaban J connectivity index is 2.63. The van der Waals surface area contributed by atoms with E-state index in [0.717, 1.165) is 5.52 Å². The van der Waals surface area contributed by atoms with Crippen molar-refractivity contribution in [2.75, 3.05) is 0 Å². The van der Waals surface area contributed by atoms with Gasteiger partial charge in [0.2, 0.25) is 0 Å². The Morgan fingerprint density at radius 1 is 1.53 bits per heavy atom. The fourth-order valence-corrected chi connectivity index (χ4v) is 1.92. The summed E-state index contributed by atoms with van der Waals surface area (Å²) in [6, 6.07) is 3.89. The van der Waals surface area contributed by atoms with Gasteiger partial charge in [0.25, 0.3) is 0 Å². The van der Waals surface area contributed by atoms with E-state index in [2.05, 4.69) is 4.98 Å². The highest BCUT2D eigenvalue weighted by molar-refractivity contribution is 5.76. The molecule has 92 valence electrons. The molecule has 0 amide bonds. The van der Waals surface area contributed by atoms with Gasteiger partial charge in [-0.25, -0.2) is 9.37 Å². The van der Waals surface area contributed by atoms with E-state index >= 15 is 0 Å². The molecule has 0 aliphatic heterocycles. The summed E-state index contributed by atoms with van der Waals surface area (Å²) >= 11 is 0. The number of hydrogen-bond acceptors (Lipinski definition) is 3. The molecule has 0 saturated carbocycles. The average molecular weight is 237 g/mol. The minimum absolute atomic E-state index is 0.324. The van der Waals surface area contributed by atoms with Crippen LogP contribution in [0.4, 0.5) is 4.39 Å². The van der Waals surface area contributed by atoms with Crippen LogP contribution in [0.3, 0.4) is 0 Å². The second-order valence-corrected chi connectivity index (χ2v) is 4.11. The number of nitrogens with two attached hydrogens (primary N) is 1. The number of benzene rings is 1. The molecule has 0 fully saturated rings. The fourth-order valence-electron chi connectivity index (χ4n) is 1.92. The Morgan fingerprint density at radius 2 is 2.24 bits per heavy atom. The minimum Gasteiger partial charge on any atom is -0.391 e. The summed E-state index contributed by atoms with van der Waals surface area (Å²) in [7, 11) is 0. The van der Waals surface area contributed by atoms with Gasteiger partial charge in [-0.15, -0.1) is 0 Å². The van der Waals surface area contributed by atoms with Crippen LogP contribution in [0.1, 0.15) is 25.7 Å². The number of hydrogen-bond donors (Lipinski definition) is 2. The first-order chi connectivity index (χ1) is 8.04. The highest BCUT2D eigenvalue weighted by Crippen LogP contribution is 2.22. The Kier molecular flexibility index (Phi) is 3.13. The molecule has 0 aliphatic carbocycles. The lowest BCUT2D eigenvalue weighted by Crippen LogP contribution is -2.26. The molecule has 4 nitrogen and oxygen atoms in total. The summed E-state index contributed by atoms with van der Waals surface area (Å²) in [5.41, 5.74) is 7.29. The van der Waals surface area contributed by atoms with E-state index in [4.69, 9.17) is 5.73 Å². The number of imidazole rings is 1. The van der Waals surface area contributed by atoms with Gasteiger partial charge in [-0.3, -0.25) is 0 Å². The molecule has 3 N–H and O–H groups in total. The number of aliphatic hydroxyl groups is 1. The lowest BCUT2D eigenvalue weighted by molar-refractivity contribution is 0.159. The largest absolute Gasteiger partial charge is 0.391 e. The predicted molar refractivity (Wildman–Crippen MR) is 64.0 cm³/mol. The van der Waals surface area contributed by atoms with E-state index in [1.54, 1.807) is 13.0 Å². The molecule has 2 rings (SSSR count). The maximum Gasteiger partial charge on any atom is 0.129 e. The van der Waals surface area contributed by atoms with E-state index in [1.807, 2.05) is 11.5 Å². The zero-order valence-electron chi connectivity index (χ0n) is 9.89. The zero-order valence-corrected chi connectivity index (χ0v) is 9.89. The summed E-state index contributed by atoms with van der Waals surface area (Å²) in [5.74, 6) is 0.263. The first-order valence-electron chi connectivity index (χ1n) is 5.64. The SMILES string of the molecule is CCn1c(C(N)C(C)O)nc2cc(F)ccc21. The number of aryl methyl sites for hydroxylation is 1. The summed E-state index contributed by atoms with van der Waals surface area (Å²) in [6.07, 6.45) is -0.693. The van der Waals surface area contributed by atoms with Crippen LogP contribution in [-0.4, -0.2) is 20.8 Å². The van der Waals surface area contributed by atoms with Crippen LogP contribution in [0.15, 0.2) is 18.2 Å². The quantitative estimate of drug-likeness (QED) is 0.851. The normalized spacial score (nSPS) is 15.1. The Morgan fingerprint density at radius 3 is 2.82 bits per heavy atom. The van der Waals surface area contributed by atoms with Crippen molar-refractivity contribution in [2.24, 2.45) is 5.73 Å². The van der Waals surface area contributed by atoms with Crippen LogP contribution in [0.25, 0.3) is 11.0 Å². The molecular weight excluding hydrogens is 221 g/mol. The van der Waals surface area contributed by atoms with Crippen molar-refractivity contribution in [1.29, 1.82) is 0 Å². The van der Waals surface area contributed by atoms with Gasteiger partial charge >= 0.3 is 0 Å². The topological polar surface area (TPSA) is 64.1 Å². The molecule has 17 heavy (non-hydrogen) atoms. The molecular formula is C12H16FN3O. The molecule has 0 bridgehead atoms. The molecule has 5 heteroatoms. The number of aromatic nitrogens is 2. The zero-order chi connectivity index (χ0) is 12.6. The Labute approximate surface area is 98.9 Å². The lowest BCUT2D eigenvalue weighted by atomic mass is 10.2. The van der Waals surface area contributed by atoms with Crippen molar-refractivity contribution in [3.63, 3.8) is 0 Å². The number of fused-ring (bicyclic) bond motifs is 1. The second kappa shape index (κ2) is 4.43. The molecule has 0 saturated heterocycles. The predicted octanol–water partition coefficient (Wildman–Crippen LogP) is 1.58. The fraction of sp³-hybridized carbons (Fsp3) is 0.417. The van der Waals surface area contributed by atoms with E-state index in [9.17, 15) is 9.50 Å². The second-order valence-electron chi connectivity index (χ2n) is 4.11. The van der Waals surface area contributed by atoms with Crippen molar-refractivity contribution in [3.05, 3.63) is 29.8 Å². The van der Waals surface area contributed by atoms with Crippen LogP contribution in [-0.2, 0) is 6.54 Å². The molecule has 1 heterocycles. The van der Waals surface area contributed by atoms with E-state index in [-0.39, 0.29) is 5.82 Å². The smallest absolute Gasteiger partial charge is 0.129 e. The van der Waals surface area contributed by atoms with Crippen molar-refractivity contribution in [2.45, 2.75) is 32.5 Å². The van der Waals surface area contributed by atoms with Crippen molar-refractivity contribution >= 4 is 11.0 Å². The standard InChI is InChI=1S/C12H16FN3O/c1-3-16-10-5-4-8(13)6-9(10)15-12(16)11(14)7(2)17/h4-7,11,17H,3,14H2,1-2H3. The van der Waals surface area contributed by atoms with Gasteiger partial charge in [0.05, 0.1) is 23.2 Å². The third-order valence-electron chi connectivity index (χ3n) is 2.87. The monoisotopic (exact) mass is 237 g/mol. The molecule has 0 spiro atoms. The molecule has 1 aromatic heterocycles. The molecule has 0 aliphatic rings. The van der Waals surface area contributed by atoms with E-state index in [1.165, 1.54) is 12.1 Å². The van der Waals surface area contributed by atoms with E-state index in [0.29, 0.717) is 17.9 Å².